The highest BCUT2D eigenvalue weighted by atomic mass is 16.5. The van der Waals surface area contributed by atoms with Crippen LogP contribution in [0.4, 0.5) is 0 Å². The molecule has 3 aliphatic rings. The fourth-order valence-electron chi connectivity index (χ4n) is 4.14. The molecule has 17 heavy (non-hydrogen) atoms. The summed E-state index contributed by atoms with van der Waals surface area (Å²) in [5.74, 6) is 1.02. The maximum atomic E-state index is 5.92. The molecular formula is C15H27NO. The van der Waals surface area contributed by atoms with Gasteiger partial charge in [0.05, 0.1) is 12.2 Å². The summed E-state index contributed by atoms with van der Waals surface area (Å²) < 4.78 is 5.92. The van der Waals surface area contributed by atoms with Crippen LogP contribution < -0.4 is 5.32 Å². The monoisotopic (exact) mass is 237 g/mol. The Labute approximate surface area is 105 Å². The predicted octanol–water partition coefficient (Wildman–Crippen LogP) is 3.25. The van der Waals surface area contributed by atoms with Crippen molar-refractivity contribution in [1.82, 2.24) is 5.32 Å². The largest absolute Gasteiger partial charge is 0.373 e. The Hall–Kier alpha value is -0.0800. The van der Waals surface area contributed by atoms with Crippen LogP contribution in [0.15, 0.2) is 0 Å². The molecule has 2 saturated heterocycles. The molecule has 0 aromatic carbocycles. The zero-order chi connectivity index (χ0) is 11.7. The molecular weight excluding hydrogens is 210 g/mol. The Bertz CT molecular complexity index is 247. The molecule has 2 heteroatoms. The molecule has 2 nitrogen and oxygen atoms in total. The van der Waals surface area contributed by atoms with Crippen LogP contribution in [0.25, 0.3) is 0 Å². The van der Waals surface area contributed by atoms with Crippen LogP contribution >= 0.6 is 0 Å². The van der Waals surface area contributed by atoms with E-state index in [0.717, 1.165) is 12.0 Å². The summed E-state index contributed by atoms with van der Waals surface area (Å²) >= 11 is 0. The third-order valence-corrected chi connectivity index (χ3v) is 5.10. The van der Waals surface area contributed by atoms with E-state index < -0.39 is 0 Å². The Morgan fingerprint density at radius 2 is 1.88 bits per heavy atom. The van der Waals surface area contributed by atoms with Crippen molar-refractivity contribution in [2.24, 2.45) is 5.92 Å². The van der Waals surface area contributed by atoms with E-state index in [1.54, 1.807) is 0 Å². The van der Waals surface area contributed by atoms with Crippen LogP contribution in [-0.2, 0) is 4.74 Å². The Morgan fingerprint density at radius 1 is 1.06 bits per heavy atom. The topological polar surface area (TPSA) is 21.3 Å². The fourth-order valence-corrected chi connectivity index (χ4v) is 4.14. The molecule has 3 unspecified atom stereocenters. The maximum Gasteiger partial charge on any atom is 0.0733 e. The van der Waals surface area contributed by atoms with Gasteiger partial charge in [-0.3, -0.25) is 0 Å². The first-order chi connectivity index (χ1) is 8.35. The number of ether oxygens (including phenoxy) is 1. The summed E-state index contributed by atoms with van der Waals surface area (Å²) in [6.07, 6.45) is 13.5. The van der Waals surface area contributed by atoms with Gasteiger partial charge in [0.15, 0.2) is 0 Å². The molecule has 0 spiro atoms. The van der Waals surface area contributed by atoms with Crippen LogP contribution in [0.2, 0.25) is 0 Å². The molecule has 0 amide bonds. The van der Waals surface area contributed by atoms with Crippen molar-refractivity contribution in [1.29, 1.82) is 0 Å². The first-order valence-electron chi connectivity index (χ1n) is 7.76. The summed E-state index contributed by atoms with van der Waals surface area (Å²) in [5, 5.41) is 3.89. The van der Waals surface area contributed by atoms with E-state index in [1.807, 2.05) is 0 Å². The van der Waals surface area contributed by atoms with Gasteiger partial charge < -0.3 is 10.1 Å². The van der Waals surface area contributed by atoms with Gasteiger partial charge in [0.1, 0.15) is 0 Å². The Balaban J connectivity index is 1.42. The van der Waals surface area contributed by atoms with Crippen molar-refractivity contribution < 1.29 is 4.74 Å². The minimum Gasteiger partial charge on any atom is -0.373 e. The number of hydrogen-bond donors (Lipinski definition) is 1. The molecule has 1 N–H and O–H groups in total. The molecule has 2 bridgehead atoms. The Morgan fingerprint density at radius 3 is 2.47 bits per heavy atom. The third kappa shape index (κ3) is 2.68. The van der Waals surface area contributed by atoms with E-state index in [0.29, 0.717) is 18.2 Å². The summed E-state index contributed by atoms with van der Waals surface area (Å²) in [6, 6.07) is 1.47. The molecule has 1 aliphatic carbocycles. The lowest BCUT2D eigenvalue weighted by molar-refractivity contribution is 0.0945. The lowest BCUT2D eigenvalue weighted by atomic mass is 9.82. The highest BCUT2D eigenvalue weighted by molar-refractivity contribution is 4.95. The summed E-state index contributed by atoms with van der Waals surface area (Å²) in [4.78, 5) is 0. The van der Waals surface area contributed by atoms with Crippen LogP contribution in [-0.4, -0.2) is 24.3 Å². The molecule has 3 fully saturated rings. The van der Waals surface area contributed by atoms with Crippen LogP contribution in [0, 0.1) is 5.92 Å². The second-order valence-corrected chi connectivity index (χ2v) is 6.39. The van der Waals surface area contributed by atoms with Gasteiger partial charge in [0.25, 0.3) is 0 Å². The van der Waals surface area contributed by atoms with E-state index in [1.165, 1.54) is 57.8 Å². The SMILES string of the molecule is CCCC1CCC(NC2CC3CCC2O3)CC1. The quantitative estimate of drug-likeness (QED) is 0.810. The van der Waals surface area contributed by atoms with Crippen LogP contribution in [0.3, 0.4) is 0 Å². The molecule has 3 rings (SSSR count). The molecule has 3 atom stereocenters. The van der Waals surface area contributed by atoms with Gasteiger partial charge in [0, 0.05) is 12.1 Å². The van der Waals surface area contributed by atoms with Gasteiger partial charge in [0.2, 0.25) is 0 Å². The van der Waals surface area contributed by atoms with Crippen LogP contribution in [0.1, 0.15) is 64.7 Å². The van der Waals surface area contributed by atoms with E-state index in [2.05, 4.69) is 12.2 Å². The van der Waals surface area contributed by atoms with E-state index in [-0.39, 0.29) is 0 Å². The average molecular weight is 237 g/mol. The van der Waals surface area contributed by atoms with Crippen molar-refractivity contribution in [2.45, 2.75) is 89.0 Å². The van der Waals surface area contributed by atoms with Crippen molar-refractivity contribution in [3.8, 4) is 0 Å². The van der Waals surface area contributed by atoms with E-state index in [4.69, 9.17) is 4.74 Å². The number of nitrogens with one attached hydrogen (secondary N) is 1. The van der Waals surface area contributed by atoms with Crippen molar-refractivity contribution in [2.75, 3.05) is 0 Å². The third-order valence-electron chi connectivity index (χ3n) is 5.10. The van der Waals surface area contributed by atoms with Crippen molar-refractivity contribution in [3.63, 3.8) is 0 Å². The van der Waals surface area contributed by atoms with Gasteiger partial charge in [-0.15, -0.1) is 0 Å². The molecule has 2 aliphatic heterocycles. The minimum absolute atomic E-state index is 0.549. The molecule has 2 heterocycles. The molecule has 98 valence electrons. The summed E-state index contributed by atoms with van der Waals surface area (Å²) in [7, 11) is 0. The lowest BCUT2D eigenvalue weighted by Gasteiger charge is -2.32. The van der Waals surface area contributed by atoms with Gasteiger partial charge in [-0.25, -0.2) is 0 Å². The van der Waals surface area contributed by atoms with Gasteiger partial charge >= 0.3 is 0 Å². The highest BCUT2D eigenvalue weighted by Crippen LogP contribution is 2.36. The van der Waals surface area contributed by atoms with E-state index in [9.17, 15) is 0 Å². The van der Waals surface area contributed by atoms with Gasteiger partial charge in [-0.2, -0.15) is 0 Å². The first-order valence-corrected chi connectivity index (χ1v) is 7.76. The number of rotatable bonds is 4. The second-order valence-electron chi connectivity index (χ2n) is 6.39. The Kier molecular flexibility index (Phi) is 3.72. The maximum absolute atomic E-state index is 5.92. The molecule has 0 radical (unpaired) electrons. The second kappa shape index (κ2) is 5.27. The molecule has 0 aromatic rings. The fraction of sp³-hybridized carbons (Fsp3) is 1.00. The molecule has 1 saturated carbocycles. The zero-order valence-corrected chi connectivity index (χ0v) is 11.2. The van der Waals surface area contributed by atoms with Gasteiger partial charge in [-0.1, -0.05) is 19.8 Å². The standard InChI is InChI=1S/C15H27NO/c1-2-3-11-4-6-12(7-5-11)16-14-10-13-8-9-15(14)17-13/h11-16H,2-10H2,1H3. The first kappa shape index (κ1) is 12.0. The smallest absolute Gasteiger partial charge is 0.0733 e. The van der Waals surface area contributed by atoms with Crippen molar-refractivity contribution in [3.05, 3.63) is 0 Å². The average Bonchev–Trinajstić information content (AvgIpc) is 2.94. The van der Waals surface area contributed by atoms with Crippen molar-refractivity contribution >= 4 is 0 Å². The summed E-state index contributed by atoms with van der Waals surface area (Å²) in [5.41, 5.74) is 0. The highest BCUT2D eigenvalue weighted by Gasteiger charge is 2.41. The predicted molar refractivity (Wildman–Crippen MR) is 70.1 cm³/mol. The minimum atomic E-state index is 0.549. The lowest BCUT2D eigenvalue weighted by Crippen LogP contribution is -2.45. The normalized spacial score (nSPS) is 45.4. The zero-order valence-electron chi connectivity index (χ0n) is 11.2. The molecule has 0 aromatic heterocycles. The van der Waals surface area contributed by atoms with Gasteiger partial charge in [-0.05, 0) is 50.9 Å². The number of hydrogen-bond acceptors (Lipinski definition) is 2. The number of fused-ring (bicyclic) bond motifs is 2. The summed E-state index contributed by atoms with van der Waals surface area (Å²) in [6.45, 7) is 2.32. The van der Waals surface area contributed by atoms with Crippen LogP contribution in [0.5, 0.6) is 0 Å². The van der Waals surface area contributed by atoms with E-state index >= 15 is 0 Å².